The fourth-order valence-electron chi connectivity index (χ4n) is 3.15. The molecule has 0 aromatic heterocycles. The largest absolute Gasteiger partial charge is 0.352 e. The van der Waals surface area contributed by atoms with Crippen molar-refractivity contribution in [1.29, 1.82) is 0 Å². The van der Waals surface area contributed by atoms with Crippen molar-refractivity contribution in [1.82, 2.24) is 5.32 Å². The molecule has 1 aliphatic rings. The van der Waals surface area contributed by atoms with Gasteiger partial charge in [0, 0.05) is 17.7 Å². The summed E-state index contributed by atoms with van der Waals surface area (Å²) < 4.78 is 0. The van der Waals surface area contributed by atoms with Crippen LogP contribution < -0.4 is 10.2 Å². The second-order valence-electron chi connectivity index (χ2n) is 6.53. The molecule has 0 saturated carbocycles. The van der Waals surface area contributed by atoms with Gasteiger partial charge in [0.1, 0.15) is 6.26 Å². The third-order valence-electron chi connectivity index (χ3n) is 4.66. The Hall–Kier alpha value is -2.75. The molecule has 1 aliphatic heterocycles. The summed E-state index contributed by atoms with van der Waals surface area (Å²) in [5, 5.41) is 3.04. The van der Waals surface area contributed by atoms with Gasteiger partial charge in [0.25, 0.3) is 5.91 Å². The van der Waals surface area contributed by atoms with E-state index in [0.717, 1.165) is 47.2 Å². The average molecular weight is 351 g/mol. The van der Waals surface area contributed by atoms with Crippen molar-refractivity contribution in [3.8, 4) is 16.9 Å². The number of fused-ring (bicyclic) bond motifs is 1. The highest BCUT2D eigenvalue weighted by Crippen LogP contribution is 2.32. The maximum absolute atomic E-state index is 12.6. The molecule has 4 heteroatoms. The van der Waals surface area contributed by atoms with Crippen LogP contribution in [0.3, 0.4) is 0 Å². The number of unbranched alkanes of at least 4 members (excludes halogenated alkanes) is 3. The highest BCUT2D eigenvalue weighted by molar-refractivity contribution is 5.97. The van der Waals surface area contributed by atoms with Crippen molar-refractivity contribution < 1.29 is 14.6 Å². The smallest absolute Gasteiger partial charge is 0.251 e. The van der Waals surface area contributed by atoms with E-state index < -0.39 is 0 Å². The number of carbonyl (C=O) groups excluding carboxylic acids is 1. The number of nitrogens with one attached hydrogen (secondary N) is 1. The Morgan fingerprint density at radius 1 is 1.12 bits per heavy atom. The normalized spacial score (nSPS) is 12.1. The van der Waals surface area contributed by atoms with Gasteiger partial charge in [-0.3, -0.25) is 14.6 Å². The summed E-state index contributed by atoms with van der Waals surface area (Å²) >= 11 is 0. The Morgan fingerprint density at radius 3 is 2.85 bits per heavy atom. The van der Waals surface area contributed by atoms with Gasteiger partial charge in [-0.05, 0) is 54.3 Å². The predicted octanol–water partition coefficient (Wildman–Crippen LogP) is 5.27. The first kappa shape index (κ1) is 18.1. The van der Waals surface area contributed by atoms with E-state index in [4.69, 9.17) is 9.78 Å². The van der Waals surface area contributed by atoms with Crippen LogP contribution in [0.5, 0.6) is 5.75 Å². The van der Waals surface area contributed by atoms with E-state index in [2.05, 4.69) is 12.2 Å². The highest BCUT2D eigenvalue weighted by atomic mass is 17.2. The molecule has 1 amide bonds. The molecule has 2 aromatic rings. The maximum atomic E-state index is 12.6. The summed E-state index contributed by atoms with van der Waals surface area (Å²) in [6.45, 7) is 4.91. The van der Waals surface area contributed by atoms with Gasteiger partial charge < -0.3 is 5.32 Å². The summed E-state index contributed by atoms with van der Waals surface area (Å²) in [4.78, 5) is 22.5. The van der Waals surface area contributed by atoms with E-state index in [1.165, 1.54) is 19.1 Å². The lowest BCUT2D eigenvalue weighted by molar-refractivity contribution is -0.151. The maximum Gasteiger partial charge on any atom is 0.251 e. The monoisotopic (exact) mass is 351 g/mol. The Labute approximate surface area is 154 Å². The van der Waals surface area contributed by atoms with Crippen LogP contribution in [0, 0.1) is 6.92 Å². The quantitative estimate of drug-likeness (QED) is 0.546. The predicted molar refractivity (Wildman–Crippen MR) is 104 cm³/mol. The van der Waals surface area contributed by atoms with E-state index in [1.54, 1.807) is 0 Å². The van der Waals surface area contributed by atoms with E-state index in [9.17, 15) is 4.79 Å². The van der Waals surface area contributed by atoms with Gasteiger partial charge in [0.15, 0.2) is 5.75 Å². The van der Waals surface area contributed by atoms with Crippen molar-refractivity contribution in [3.63, 3.8) is 0 Å². The van der Waals surface area contributed by atoms with Gasteiger partial charge >= 0.3 is 0 Å². The minimum atomic E-state index is -0.00422. The molecule has 0 radical (unpaired) electrons. The summed E-state index contributed by atoms with van der Waals surface area (Å²) in [5.74, 6) is 0.685. The fraction of sp³-hybridized carbons (Fsp3) is 0.318. The molecule has 0 fully saturated rings. The minimum Gasteiger partial charge on any atom is -0.352 e. The number of hydrogen-bond donors (Lipinski definition) is 1. The van der Waals surface area contributed by atoms with Crippen LogP contribution in [-0.4, -0.2) is 12.5 Å². The van der Waals surface area contributed by atoms with Crippen molar-refractivity contribution >= 4 is 12.0 Å². The number of carbonyl (C=O) groups is 1. The Bertz CT molecular complexity index is 811. The van der Waals surface area contributed by atoms with Crippen LogP contribution in [0.4, 0.5) is 0 Å². The van der Waals surface area contributed by atoms with E-state index in [1.807, 2.05) is 49.4 Å². The molecular formula is C22H25NO3. The Kier molecular flexibility index (Phi) is 5.95. The van der Waals surface area contributed by atoms with Crippen LogP contribution in [0.15, 0.2) is 42.7 Å². The lowest BCUT2D eigenvalue weighted by atomic mass is 9.94. The van der Waals surface area contributed by atoms with Crippen molar-refractivity contribution in [3.05, 3.63) is 59.4 Å². The third kappa shape index (κ3) is 4.07. The molecule has 4 nitrogen and oxygen atoms in total. The van der Waals surface area contributed by atoms with E-state index >= 15 is 0 Å². The standard InChI is InChI=1S/C22H25NO3/c1-3-4-5-6-13-23-22(24)20-9-7-8-19(16(20)2)17-10-11-21-18(15-17)12-14-25-26-21/h7-12,14-15H,3-6,13H2,1-2H3,(H,23,24). The zero-order chi connectivity index (χ0) is 18.4. The SMILES string of the molecule is CCCCCCNC(=O)c1cccc(-c2ccc3c(c2)C=COO3)c1C. The van der Waals surface area contributed by atoms with Gasteiger partial charge in [0.05, 0.1) is 0 Å². The molecule has 1 N–H and O–H groups in total. The third-order valence-corrected chi connectivity index (χ3v) is 4.66. The molecule has 0 aliphatic carbocycles. The molecule has 3 rings (SSSR count). The minimum absolute atomic E-state index is 0.00422. The van der Waals surface area contributed by atoms with E-state index in [-0.39, 0.29) is 5.91 Å². The molecule has 0 unspecified atom stereocenters. The van der Waals surface area contributed by atoms with Gasteiger partial charge in [-0.25, -0.2) is 0 Å². The number of amides is 1. The topological polar surface area (TPSA) is 47.6 Å². The van der Waals surface area contributed by atoms with Crippen LogP contribution >= 0.6 is 0 Å². The summed E-state index contributed by atoms with van der Waals surface area (Å²) in [6, 6.07) is 11.8. The Balaban J connectivity index is 1.77. The zero-order valence-electron chi connectivity index (χ0n) is 15.4. The van der Waals surface area contributed by atoms with Gasteiger partial charge in [-0.15, -0.1) is 0 Å². The number of benzene rings is 2. The molecule has 0 spiro atoms. The molecule has 0 bridgehead atoms. The van der Waals surface area contributed by atoms with Gasteiger partial charge in [0.2, 0.25) is 0 Å². The number of hydrogen-bond acceptors (Lipinski definition) is 3. The van der Waals surface area contributed by atoms with Crippen molar-refractivity contribution in [2.24, 2.45) is 0 Å². The molecule has 0 atom stereocenters. The summed E-state index contributed by atoms with van der Waals surface area (Å²) in [7, 11) is 0. The molecular weight excluding hydrogens is 326 g/mol. The Morgan fingerprint density at radius 2 is 2.00 bits per heavy atom. The highest BCUT2D eigenvalue weighted by Gasteiger charge is 2.14. The number of rotatable bonds is 7. The lowest BCUT2D eigenvalue weighted by Crippen LogP contribution is -2.25. The van der Waals surface area contributed by atoms with Crippen LogP contribution in [0.1, 0.15) is 54.1 Å². The summed E-state index contributed by atoms with van der Waals surface area (Å²) in [5.41, 5.74) is 4.76. The lowest BCUT2D eigenvalue weighted by Gasteiger charge is -2.15. The first-order valence-corrected chi connectivity index (χ1v) is 9.23. The first-order chi connectivity index (χ1) is 12.7. The summed E-state index contributed by atoms with van der Waals surface area (Å²) in [6.07, 6.45) is 7.97. The molecule has 136 valence electrons. The second kappa shape index (κ2) is 8.56. The molecule has 26 heavy (non-hydrogen) atoms. The van der Waals surface area contributed by atoms with E-state index in [0.29, 0.717) is 5.75 Å². The van der Waals surface area contributed by atoms with Crippen molar-refractivity contribution in [2.75, 3.05) is 6.54 Å². The zero-order valence-corrected chi connectivity index (χ0v) is 15.4. The molecule has 0 saturated heterocycles. The first-order valence-electron chi connectivity index (χ1n) is 9.23. The van der Waals surface area contributed by atoms with Crippen LogP contribution in [-0.2, 0) is 4.89 Å². The molecule has 1 heterocycles. The average Bonchev–Trinajstić information content (AvgIpc) is 2.67. The fourth-order valence-corrected chi connectivity index (χ4v) is 3.15. The second-order valence-corrected chi connectivity index (χ2v) is 6.53. The van der Waals surface area contributed by atoms with Gasteiger partial charge in [-0.1, -0.05) is 44.4 Å². The van der Waals surface area contributed by atoms with Crippen LogP contribution in [0.2, 0.25) is 0 Å². The van der Waals surface area contributed by atoms with Crippen molar-refractivity contribution in [2.45, 2.75) is 39.5 Å². The van der Waals surface area contributed by atoms with Crippen LogP contribution in [0.25, 0.3) is 17.2 Å². The van der Waals surface area contributed by atoms with Gasteiger partial charge in [-0.2, -0.15) is 0 Å². The molecule has 2 aromatic carbocycles.